The second-order valence-electron chi connectivity index (χ2n) is 9.23. The predicted molar refractivity (Wildman–Crippen MR) is 145 cm³/mol. The highest BCUT2D eigenvalue weighted by atomic mass is 16.3. The number of nitrogens with one attached hydrogen (secondary N) is 2. The Balaban J connectivity index is 1.72. The number of amides is 1. The van der Waals surface area contributed by atoms with Gasteiger partial charge in [0.05, 0.1) is 0 Å². The fourth-order valence-corrected chi connectivity index (χ4v) is 4.69. The van der Waals surface area contributed by atoms with Gasteiger partial charge in [-0.05, 0) is 83.8 Å². The molecule has 1 unspecified atom stereocenters. The molecule has 1 heterocycles. The molecular formula is C29H32N4O3. The van der Waals surface area contributed by atoms with E-state index < -0.39 is 6.04 Å². The molecule has 7 nitrogen and oxygen atoms in total. The molecule has 1 aromatic heterocycles. The van der Waals surface area contributed by atoms with Crippen LogP contribution >= 0.6 is 0 Å². The fraction of sp³-hybridized carbons (Fsp3) is 0.241. The van der Waals surface area contributed by atoms with Crippen LogP contribution in [0.15, 0.2) is 71.7 Å². The maximum absolute atomic E-state index is 13.8. The van der Waals surface area contributed by atoms with Crippen molar-refractivity contribution in [2.75, 3.05) is 24.7 Å². The van der Waals surface area contributed by atoms with Crippen LogP contribution in [-0.4, -0.2) is 34.6 Å². The van der Waals surface area contributed by atoms with E-state index in [2.05, 4.69) is 10.3 Å². The van der Waals surface area contributed by atoms with Crippen molar-refractivity contribution in [3.8, 4) is 0 Å². The molecular weight excluding hydrogens is 452 g/mol. The van der Waals surface area contributed by atoms with Crippen LogP contribution in [0.2, 0.25) is 0 Å². The summed E-state index contributed by atoms with van der Waals surface area (Å²) in [6.45, 7) is 4.46. The van der Waals surface area contributed by atoms with Crippen LogP contribution in [0.25, 0.3) is 10.8 Å². The minimum atomic E-state index is -0.683. The third-order valence-electron chi connectivity index (χ3n) is 6.49. The van der Waals surface area contributed by atoms with Crippen molar-refractivity contribution in [1.82, 2.24) is 9.88 Å². The molecule has 1 amide bonds. The van der Waals surface area contributed by atoms with Crippen LogP contribution in [0, 0.1) is 13.8 Å². The number of pyridine rings is 1. The maximum Gasteiger partial charge on any atom is 0.255 e. The number of H-pyrrole nitrogens is 1. The number of aliphatic hydroxyl groups excluding tert-OH is 1. The number of aliphatic hydroxyl groups is 1. The Kier molecular flexibility index (Phi) is 7.41. The van der Waals surface area contributed by atoms with E-state index in [0.29, 0.717) is 29.7 Å². The number of rotatable bonds is 8. The van der Waals surface area contributed by atoms with Gasteiger partial charge < -0.3 is 26.0 Å². The summed E-state index contributed by atoms with van der Waals surface area (Å²) in [5.41, 5.74) is 11.9. The number of fused-ring (bicyclic) bond motifs is 1. The Morgan fingerprint density at radius 2 is 1.83 bits per heavy atom. The van der Waals surface area contributed by atoms with Crippen LogP contribution in [-0.2, 0) is 17.8 Å². The van der Waals surface area contributed by atoms with Gasteiger partial charge in [-0.3, -0.25) is 9.59 Å². The summed E-state index contributed by atoms with van der Waals surface area (Å²) in [5.74, 6) is -0.117. The summed E-state index contributed by atoms with van der Waals surface area (Å²) < 4.78 is 0. The van der Waals surface area contributed by atoms with Gasteiger partial charge in [0.1, 0.15) is 6.04 Å². The van der Waals surface area contributed by atoms with E-state index in [4.69, 9.17) is 5.73 Å². The van der Waals surface area contributed by atoms with E-state index >= 15 is 0 Å². The Morgan fingerprint density at radius 3 is 2.53 bits per heavy atom. The lowest BCUT2D eigenvalue weighted by Crippen LogP contribution is -2.35. The number of nitrogens with zero attached hydrogens (tertiary/aromatic N) is 1. The molecule has 0 aliphatic carbocycles. The first-order valence-electron chi connectivity index (χ1n) is 11.9. The van der Waals surface area contributed by atoms with Gasteiger partial charge in [-0.25, -0.2) is 0 Å². The third-order valence-corrected chi connectivity index (χ3v) is 6.49. The molecule has 0 spiro atoms. The Labute approximate surface area is 210 Å². The lowest BCUT2D eigenvalue weighted by molar-refractivity contribution is -0.131. The molecule has 0 aliphatic heterocycles. The van der Waals surface area contributed by atoms with Gasteiger partial charge in [-0.1, -0.05) is 30.3 Å². The number of carbonyl (C=O) groups excluding carboxylic acids is 1. The Bertz CT molecular complexity index is 1440. The summed E-state index contributed by atoms with van der Waals surface area (Å²) in [6.07, 6.45) is 2.18. The van der Waals surface area contributed by atoms with Gasteiger partial charge in [-0.15, -0.1) is 0 Å². The molecule has 0 bridgehead atoms. The van der Waals surface area contributed by atoms with Crippen LogP contribution in [0.4, 0.5) is 11.4 Å². The van der Waals surface area contributed by atoms with E-state index in [9.17, 15) is 14.7 Å². The summed E-state index contributed by atoms with van der Waals surface area (Å²) in [5, 5.41) is 14.2. The SMILES string of the molecule is Cc1cc(C(Nc2ccc3cc[nH]c(=O)c3c2)C(=O)N(C)Cc2cccc(N)c2)cc(C)c1CCO. The van der Waals surface area contributed by atoms with E-state index in [0.717, 1.165) is 33.2 Å². The van der Waals surface area contributed by atoms with Gasteiger partial charge in [-0.2, -0.15) is 0 Å². The number of nitrogen functional groups attached to an aromatic ring is 1. The number of hydrogen-bond donors (Lipinski definition) is 4. The van der Waals surface area contributed by atoms with Crippen molar-refractivity contribution in [1.29, 1.82) is 0 Å². The standard InChI is InChI=1S/C29H32N4O3/c1-18-13-22(14-19(2)25(18)10-12-34)27(29(36)33(3)17-20-5-4-6-23(30)15-20)32-24-8-7-21-9-11-31-28(35)26(21)16-24/h4-9,11,13-16,27,32,34H,10,12,17,30H2,1-3H3,(H,31,35). The smallest absolute Gasteiger partial charge is 0.255 e. The number of benzene rings is 3. The van der Waals surface area contributed by atoms with Crippen molar-refractivity contribution < 1.29 is 9.90 Å². The molecule has 3 aromatic carbocycles. The highest BCUT2D eigenvalue weighted by Gasteiger charge is 2.25. The third kappa shape index (κ3) is 5.42. The van der Waals surface area contributed by atoms with Crippen LogP contribution in [0.1, 0.15) is 33.9 Å². The quantitative estimate of drug-likeness (QED) is 0.282. The Hall–Kier alpha value is -4.10. The van der Waals surface area contributed by atoms with E-state index in [1.807, 2.05) is 68.4 Å². The van der Waals surface area contributed by atoms with E-state index in [-0.39, 0.29) is 18.1 Å². The highest BCUT2D eigenvalue weighted by Crippen LogP contribution is 2.28. The molecule has 4 aromatic rings. The summed E-state index contributed by atoms with van der Waals surface area (Å²) in [6, 6.07) is 18.2. The molecule has 4 rings (SSSR count). The number of likely N-dealkylation sites (N-methyl/N-ethyl adjacent to an activating group) is 1. The lowest BCUT2D eigenvalue weighted by atomic mass is 9.93. The number of hydrogen-bond acceptors (Lipinski definition) is 5. The zero-order valence-corrected chi connectivity index (χ0v) is 20.8. The number of anilines is 2. The van der Waals surface area contributed by atoms with E-state index in [1.165, 1.54) is 0 Å². The molecule has 36 heavy (non-hydrogen) atoms. The first-order valence-corrected chi connectivity index (χ1v) is 11.9. The van der Waals surface area contributed by atoms with Crippen LogP contribution in [0.5, 0.6) is 0 Å². The van der Waals surface area contributed by atoms with Crippen molar-refractivity contribution in [2.45, 2.75) is 32.9 Å². The molecule has 186 valence electrons. The molecule has 0 fully saturated rings. The first kappa shape index (κ1) is 25.0. The monoisotopic (exact) mass is 484 g/mol. The van der Waals surface area contributed by atoms with Crippen molar-refractivity contribution in [3.63, 3.8) is 0 Å². The summed E-state index contributed by atoms with van der Waals surface area (Å²) >= 11 is 0. The van der Waals surface area contributed by atoms with Crippen molar-refractivity contribution in [3.05, 3.63) is 105 Å². The van der Waals surface area contributed by atoms with Crippen molar-refractivity contribution in [2.24, 2.45) is 0 Å². The number of carbonyl (C=O) groups is 1. The van der Waals surface area contributed by atoms with Gasteiger partial charge in [0, 0.05) is 43.2 Å². The predicted octanol–water partition coefficient (Wildman–Crippen LogP) is 4.07. The molecule has 7 heteroatoms. The van der Waals surface area contributed by atoms with Crippen molar-refractivity contribution >= 4 is 28.1 Å². The minimum Gasteiger partial charge on any atom is -0.399 e. The second kappa shape index (κ2) is 10.7. The number of nitrogens with two attached hydrogens (primary N) is 1. The number of aryl methyl sites for hydroxylation is 2. The lowest BCUT2D eigenvalue weighted by Gasteiger charge is -2.27. The van der Waals surface area contributed by atoms with Gasteiger partial charge in [0.25, 0.3) is 5.56 Å². The van der Waals surface area contributed by atoms with Crippen LogP contribution < -0.4 is 16.6 Å². The van der Waals surface area contributed by atoms with Crippen LogP contribution in [0.3, 0.4) is 0 Å². The summed E-state index contributed by atoms with van der Waals surface area (Å²) in [4.78, 5) is 30.6. The summed E-state index contributed by atoms with van der Waals surface area (Å²) in [7, 11) is 1.77. The normalized spacial score (nSPS) is 11.9. The second-order valence-corrected chi connectivity index (χ2v) is 9.23. The largest absolute Gasteiger partial charge is 0.399 e. The molecule has 0 saturated heterocycles. The van der Waals surface area contributed by atoms with Gasteiger partial charge in [0.15, 0.2) is 0 Å². The maximum atomic E-state index is 13.8. The topological polar surface area (TPSA) is 111 Å². The zero-order chi connectivity index (χ0) is 25.8. The van der Waals surface area contributed by atoms with Gasteiger partial charge in [0.2, 0.25) is 5.91 Å². The molecule has 0 radical (unpaired) electrons. The minimum absolute atomic E-state index is 0.0657. The molecule has 0 saturated carbocycles. The number of aromatic nitrogens is 1. The molecule has 5 N–H and O–H groups in total. The Morgan fingerprint density at radius 1 is 1.08 bits per heavy atom. The first-order chi connectivity index (χ1) is 17.3. The number of aromatic amines is 1. The average molecular weight is 485 g/mol. The highest BCUT2D eigenvalue weighted by molar-refractivity contribution is 5.89. The molecule has 0 aliphatic rings. The average Bonchev–Trinajstić information content (AvgIpc) is 2.84. The fourth-order valence-electron chi connectivity index (χ4n) is 4.69. The van der Waals surface area contributed by atoms with Gasteiger partial charge >= 0.3 is 0 Å². The van der Waals surface area contributed by atoms with E-state index in [1.54, 1.807) is 24.2 Å². The zero-order valence-electron chi connectivity index (χ0n) is 20.8. The molecule has 1 atom stereocenters.